The number of Topliss-reactive ketones (excluding diaryl/α,β-unsaturated/α-hetero) is 2. The largest absolute Gasteiger partial charge is 0.481 e. The molecular weight excluding hydrogens is 296 g/mol. The average Bonchev–Trinajstić information content (AvgIpc) is 2.48. The molecular formula is C18H30O5. The molecule has 1 heterocycles. The zero-order chi connectivity index (χ0) is 17.1. The molecule has 0 aliphatic carbocycles. The number of carboxylic acid groups (broad SMARTS) is 1. The van der Waals surface area contributed by atoms with Crippen molar-refractivity contribution < 1.29 is 24.2 Å². The molecule has 0 radical (unpaired) electrons. The minimum absolute atomic E-state index is 0.0999. The molecule has 0 bridgehead atoms. The molecule has 5 nitrogen and oxygen atoms in total. The van der Waals surface area contributed by atoms with Crippen LogP contribution < -0.4 is 0 Å². The lowest BCUT2D eigenvalue weighted by atomic mass is 9.97. The van der Waals surface area contributed by atoms with Gasteiger partial charge in [0.15, 0.2) is 5.78 Å². The monoisotopic (exact) mass is 326 g/mol. The topological polar surface area (TPSA) is 80.7 Å². The molecule has 23 heavy (non-hydrogen) atoms. The molecule has 1 aliphatic rings. The van der Waals surface area contributed by atoms with Crippen molar-refractivity contribution in [2.24, 2.45) is 0 Å². The van der Waals surface area contributed by atoms with Crippen LogP contribution in [0.4, 0.5) is 0 Å². The Labute approximate surface area is 138 Å². The van der Waals surface area contributed by atoms with Gasteiger partial charge < -0.3 is 9.84 Å². The van der Waals surface area contributed by atoms with E-state index < -0.39 is 17.5 Å². The lowest BCUT2D eigenvalue weighted by molar-refractivity contribution is -0.142. The molecule has 1 fully saturated rings. The van der Waals surface area contributed by atoms with Gasteiger partial charge in [0, 0.05) is 12.8 Å². The smallest absolute Gasteiger partial charge is 0.303 e. The predicted molar refractivity (Wildman–Crippen MR) is 87.4 cm³/mol. The third-order valence-corrected chi connectivity index (χ3v) is 4.36. The summed E-state index contributed by atoms with van der Waals surface area (Å²) in [6.45, 7) is 2.17. The summed E-state index contributed by atoms with van der Waals surface area (Å²) in [7, 11) is 0. The summed E-state index contributed by atoms with van der Waals surface area (Å²) in [5.74, 6) is -2.12. The van der Waals surface area contributed by atoms with Crippen molar-refractivity contribution in [3.05, 3.63) is 0 Å². The highest BCUT2D eigenvalue weighted by atomic mass is 16.5. The van der Waals surface area contributed by atoms with Crippen molar-refractivity contribution in [1.82, 2.24) is 0 Å². The molecule has 5 heteroatoms. The zero-order valence-electron chi connectivity index (χ0n) is 14.2. The molecule has 1 aliphatic heterocycles. The van der Waals surface area contributed by atoms with Crippen LogP contribution in [0.25, 0.3) is 0 Å². The second kappa shape index (κ2) is 11.3. The van der Waals surface area contributed by atoms with Gasteiger partial charge in [-0.2, -0.15) is 0 Å². The van der Waals surface area contributed by atoms with E-state index in [9.17, 15) is 14.4 Å². The maximum Gasteiger partial charge on any atom is 0.303 e. The summed E-state index contributed by atoms with van der Waals surface area (Å²) >= 11 is 0. The highest BCUT2D eigenvalue weighted by molar-refractivity contribution is 6.37. The second-order valence-electron chi connectivity index (χ2n) is 6.46. The molecule has 0 aromatic heterocycles. The van der Waals surface area contributed by atoms with E-state index in [1.54, 1.807) is 0 Å². The van der Waals surface area contributed by atoms with Crippen molar-refractivity contribution in [2.45, 2.75) is 96.2 Å². The number of carboxylic acids is 1. The van der Waals surface area contributed by atoms with E-state index in [2.05, 4.69) is 6.92 Å². The molecule has 0 spiro atoms. The normalized spacial score (nSPS) is 22.1. The summed E-state index contributed by atoms with van der Waals surface area (Å²) < 4.78 is 6.10. The molecule has 132 valence electrons. The maximum atomic E-state index is 12.0. The first-order valence-electron chi connectivity index (χ1n) is 8.96. The van der Waals surface area contributed by atoms with Crippen LogP contribution in [0.3, 0.4) is 0 Å². The second-order valence-corrected chi connectivity index (χ2v) is 6.46. The molecule has 1 rings (SSSR count). The van der Waals surface area contributed by atoms with Gasteiger partial charge in [0.1, 0.15) is 0 Å². The first-order valence-corrected chi connectivity index (χ1v) is 8.96. The van der Waals surface area contributed by atoms with Gasteiger partial charge in [0.05, 0.1) is 18.6 Å². The van der Waals surface area contributed by atoms with E-state index in [4.69, 9.17) is 9.84 Å². The Hall–Kier alpha value is -1.23. The van der Waals surface area contributed by atoms with Crippen molar-refractivity contribution in [2.75, 3.05) is 0 Å². The Morgan fingerprint density at radius 3 is 2.30 bits per heavy atom. The molecule has 0 aromatic rings. The molecule has 0 unspecified atom stereocenters. The van der Waals surface area contributed by atoms with Crippen LogP contribution in [-0.2, 0) is 19.1 Å². The molecule has 0 amide bonds. The van der Waals surface area contributed by atoms with Gasteiger partial charge in [-0.15, -0.1) is 0 Å². The highest BCUT2D eigenvalue weighted by Gasteiger charge is 2.24. The van der Waals surface area contributed by atoms with Crippen LogP contribution in [0.15, 0.2) is 0 Å². The van der Waals surface area contributed by atoms with Crippen LogP contribution in [-0.4, -0.2) is 34.9 Å². The number of ketones is 2. The lowest BCUT2D eigenvalue weighted by Gasteiger charge is -2.27. The third kappa shape index (κ3) is 8.84. The number of hydrogen-bond acceptors (Lipinski definition) is 4. The molecule has 2 atom stereocenters. The number of unbranched alkanes of at least 4 members (excludes halogenated alkanes) is 2. The van der Waals surface area contributed by atoms with Gasteiger partial charge in [-0.25, -0.2) is 0 Å². The molecule has 1 saturated heterocycles. The summed E-state index contributed by atoms with van der Waals surface area (Å²) in [6.07, 6.45) is 9.29. The van der Waals surface area contributed by atoms with Crippen molar-refractivity contribution >= 4 is 17.5 Å². The van der Waals surface area contributed by atoms with Gasteiger partial charge in [0.2, 0.25) is 5.78 Å². The summed E-state index contributed by atoms with van der Waals surface area (Å²) in [4.78, 5) is 34.1. The van der Waals surface area contributed by atoms with Gasteiger partial charge >= 0.3 is 5.97 Å². The fourth-order valence-corrected chi connectivity index (χ4v) is 2.99. The van der Waals surface area contributed by atoms with Gasteiger partial charge in [-0.05, 0) is 19.3 Å². The molecule has 0 saturated carbocycles. The third-order valence-electron chi connectivity index (χ3n) is 4.36. The highest BCUT2D eigenvalue weighted by Crippen LogP contribution is 2.23. The first kappa shape index (κ1) is 19.8. The van der Waals surface area contributed by atoms with E-state index in [0.717, 1.165) is 44.9 Å². The van der Waals surface area contributed by atoms with Crippen LogP contribution in [0.5, 0.6) is 0 Å². The zero-order valence-corrected chi connectivity index (χ0v) is 14.2. The van der Waals surface area contributed by atoms with Gasteiger partial charge in [-0.1, -0.05) is 45.4 Å². The summed E-state index contributed by atoms with van der Waals surface area (Å²) in [6, 6.07) is 0. The minimum atomic E-state index is -1.05. The van der Waals surface area contributed by atoms with Crippen LogP contribution >= 0.6 is 0 Å². The van der Waals surface area contributed by atoms with Gasteiger partial charge in [-0.3, -0.25) is 14.4 Å². The lowest BCUT2D eigenvalue weighted by Crippen LogP contribution is -2.29. The van der Waals surface area contributed by atoms with Crippen molar-refractivity contribution in [1.29, 1.82) is 0 Å². The summed E-state index contributed by atoms with van der Waals surface area (Å²) in [5.41, 5.74) is 0. The number of hydrogen-bond donors (Lipinski definition) is 1. The Bertz CT molecular complexity index is 391. The average molecular weight is 326 g/mol. The van der Waals surface area contributed by atoms with Crippen molar-refractivity contribution in [3.63, 3.8) is 0 Å². The fraction of sp³-hybridized carbons (Fsp3) is 0.833. The Morgan fingerprint density at radius 1 is 0.957 bits per heavy atom. The Kier molecular flexibility index (Phi) is 9.76. The molecule has 0 aromatic carbocycles. The SMILES string of the molecule is CCCCC[C@H]1CCCCC[C@H](CC(=O)C(=O)CCC(=O)O)O1. The number of carbonyl (C=O) groups excluding carboxylic acids is 2. The quantitative estimate of drug-likeness (QED) is 0.489. The van der Waals surface area contributed by atoms with Crippen molar-refractivity contribution in [3.8, 4) is 0 Å². The fourth-order valence-electron chi connectivity index (χ4n) is 2.99. The van der Waals surface area contributed by atoms with E-state index in [1.807, 2.05) is 0 Å². The van der Waals surface area contributed by atoms with E-state index in [0.29, 0.717) is 0 Å². The number of carbonyl (C=O) groups is 3. The standard InChI is InChI=1S/C18H30O5/c1-2-3-5-8-14-9-6-4-7-10-15(23-14)13-17(20)16(19)11-12-18(21)22/h14-15H,2-13H2,1H3,(H,21,22)/t14-,15+/m0/s1. The minimum Gasteiger partial charge on any atom is -0.481 e. The van der Waals surface area contributed by atoms with E-state index in [1.165, 1.54) is 12.8 Å². The summed E-state index contributed by atoms with van der Waals surface area (Å²) in [5, 5.41) is 8.58. The maximum absolute atomic E-state index is 12.0. The van der Waals surface area contributed by atoms with Crippen LogP contribution in [0, 0.1) is 0 Å². The Balaban J connectivity index is 2.45. The Morgan fingerprint density at radius 2 is 1.65 bits per heavy atom. The molecule has 1 N–H and O–H groups in total. The number of aliphatic carboxylic acids is 1. The van der Waals surface area contributed by atoms with E-state index in [-0.39, 0.29) is 31.5 Å². The predicted octanol–water partition coefficient (Wildman–Crippen LogP) is 3.68. The van der Waals surface area contributed by atoms with E-state index >= 15 is 0 Å². The van der Waals surface area contributed by atoms with Crippen LogP contribution in [0.1, 0.15) is 84.0 Å². The first-order chi connectivity index (χ1) is 11.0. The van der Waals surface area contributed by atoms with Crippen LogP contribution in [0.2, 0.25) is 0 Å². The number of ether oxygens (including phenoxy) is 1. The van der Waals surface area contributed by atoms with Gasteiger partial charge in [0.25, 0.3) is 0 Å². The number of rotatable bonds is 10.